The first-order valence-corrected chi connectivity index (χ1v) is 18.1. The number of amides is 1. The Morgan fingerprint density at radius 3 is 2.65 bits per heavy atom. The number of rotatable bonds is 10. The zero-order chi connectivity index (χ0) is 28.4. The molecule has 0 aromatic carbocycles. The van der Waals surface area contributed by atoms with E-state index in [-0.39, 0.29) is 19.2 Å². The molecule has 0 saturated carbocycles. The molecule has 0 saturated heterocycles. The number of nitrogens with two attached hydrogens (primary N) is 1. The van der Waals surface area contributed by atoms with E-state index in [4.69, 9.17) is 15.2 Å². The molecule has 1 aliphatic heterocycles. The second-order valence-corrected chi connectivity index (χ2v) is 18.0. The lowest BCUT2D eigenvalue weighted by Crippen LogP contribution is -2.35. The molecule has 40 heavy (non-hydrogen) atoms. The summed E-state index contributed by atoms with van der Waals surface area (Å²) in [6, 6.07) is 8.09. The second-order valence-electron chi connectivity index (χ2n) is 11.2. The van der Waals surface area contributed by atoms with Gasteiger partial charge >= 0.3 is 0 Å². The summed E-state index contributed by atoms with van der Waals surface area (Å²) in [4.78, 5) is 34.3. The molecular weight excluding hydrogens is 637 g/mol. The van der Waals surface area contributed by atoms with Gasteiger partial charge in [-0.3, -0.25) is 9.78 Å². The van der Waals surface area contributed by atoms with Crippen LogP contribution in [0.3, 0.4) is 0 Å². The normalized spacial score (nSPS) is 13.9. The van der Waals surface area contributed by atoms with E-state index in [9.17, 15) is 4.79 Å². The highest BCUT2D eigenvalue weighted by atomic mass is 127. The van der Waals surface area contributed by atoms with Crippen LogP contribution in [0.4, 0.5) is 5.82 Å². The van der Waals surface area contributed by atoms with E-state index in [1.54, 1.807) is 35.6 Å². The number of ether oxygens (including phenoxy) is 2. The van der Waals surface area contributed by atoms with E-state index in [1.807, 2.05) is 23.6 Å². The molecule has 2 N–H and O–H groups in total. The minimum Gasteiger partial charge on any atom is -0.383 e. The van der Waals surface area contributed by atoms with Crippen LogP contribution in [-0.4, -0.2) is 50.0 Å². The van der Waals surface area contributed by atoms with Crippen molar-refractivity contribution < 1.29 is 14.3 Å². The molecular formula is C28H34IN7O3Si. The average molecular weight is 672 g/mol. The summed E-state index contributed by atoms with van der Waals surface area (Å²) in [7, 11) is -1.29. The molecule has 0 unspecified atom stereocenters. The number of fused-ring (bicyclic) bond motifs is 3. The molecule has 0 radical (unpaired) electrons. The van der Waals surface area contributed by atoms with Crippen LogP contribution in [-0.2, 0) is 36.0 Å². The van der Waals surface area contributed by atoms with Crippen molar-refractivity contribution in [3.8, 4) is 0 Å². The summed E-state index contributed by atoms with van der Waals surface area (Å²) in [6.45, 7) is 10.8. The predicted octanol–water partition coefficient (Wildman–Crippen LogP) is 5.15. The van der Waals surface area contributed by atoms with Gasteiger partial charge in [-0.2, -0.15) is 0 Å². The Balaban J connectivity index is 1.58. The molecule has 1 aliphatic rings. The predicted molar refractivity (Wildman–Crippen MR) is 164 cm³/mol. The summed E-state index contributed by atoms with van der Waals surface area (Å²) in [5.41, 5.74) is 10.8. The summed E-state index contributed by atoms with van der Waals surface area (Å²) in [5, 5.41) is 0. The number of aromatic nitrogens is 5. The maximum atomic E-state index is 14.5. The Morgan fingerprint density at radius 2 is 1.95 bits per heavy atom. The highest BCUT2D eigenvalue weighted by molar-refractivity contribution is 14.1. The van der Waals surface area contributed by atoms with Crippen molar-refractivity contribution in [2.24, 2.45) is 0 Å². The van der Waals surface area contributed by atoms with Gasteiger partial charge in [-0.1, -0.05) is 19.6 Å². The lowest BCUT2D eigenvalue weighted by molar-refractivity contribution is 0.0604. The number of hydrogen-bond acceptors (Lipinski definition) is 8. The second kappa shape index (κ2) is 11.9. The fourth-order valence-electron chi connectivity index (χ4n) is 4.72. The summed E-state index contributed by atoms with van der Waals surface area (Å²) in [5.74, 6) is 0.784. The van der Waals surface area contributed by atoms with Crippen LogP contribution in [0.25, 0.3) is 11.0 Å². The highest BCUT2D eigenvalue weighted by Crippen LogP contribution is 2.34. The van der Waals surface area contributed by atoms with Crippen LogP contribution >= 0.6 is 22.6 Å². The quantitative estimate of drug-likeness (QED) is 0.140. The van der Waals surface area contributed by atoms with Crippen molar-refractivity contribution in [2.45, 2.75) is 65.1 Å². The molecule has 1 atom stereocenters. The van der Waals surface area contributed by atoms with Gasteiger partial charge in [-0.25, -0.2) is 15.0 Å². The van der Waals surface area contributed by atoms with Gasteiger partial charge in [0.2, 0.25) is 0 Å². The van der Waals surface area contributed by atoms with Crippen molar-refractivity contribution in [2.75, 3.05) is 12.3 Å². The minimum absolute atomic E-state index is 0.196. The number of hydrogen-bond donors (Lipinski definition) is 1. The Kier molecular flexibility index (Phi) is 8.49. The van der Waals surface area contributed by atoms with Crippen LogP contribution in [0.5, 0.6) is 0 Å². The third kappa shape index (κ3) is 6.19. The molecule has 12 heteroatoms. The first-order chi connectivity index (χ1) is 19.1. The van der Waals surface area contributed by atoms with E-state index >= 15 is 0 Å². The topological polar surface area (TPSA) is 121 Å². The number of pyridine rings is 2. The van der Waals surface area contributed by atoms with Crippen LogP contribution < -0.4 is 5.73 Å². The molecule has 0 aliphatic carbocycles. The van der Waals surface area contributed by atoms with Crippen LogP contribution in [0.1, 0.15) is 46.1 Å². The number of nitrogens with zero attached hydrogens (tertiary/aromatic N) is 6. The molecule has 10 nitrogen and oxygen atoms in total. The minimum atomic E-state index is -1.29. The van der Waals surface area contributed by atoms with Crippen molar-refractivity contribution in [3.63, 3.8) is 0 Å². The molecule has 0 fully saturated rings. The Bertz CT molecular complexity index is 1510. The fraction of sp³-hybridized carbons (Fsp3) is 0.393. The molecule has 0 bridgehead atoms. The molecule has 4 aromatic rings. The number of carbonyl (C=O) groups excluding carboxylic acids is 1. The highest BCUT2D eigenvalue weighted by Gasteiger charge is 2.31. The first-order valence-electron chi connectivity index (χ1n) is 13.3. The standard InChI is InChI=1S/C28H34IN7O3Si/c1-18(27-31-8-5-9-32-27)35(14-20-7-6-19(29)13-33-20)28(37)24-12-23-25(21-15-39-16-22(21)26(30)34-23)36(24)17-38-10-11-40(2,3)4/h5-9,12-13,18H,10-11,14-17H2,1-4H3,(H2,30,34)/t18-/m1/s1. The van der Waals surface area contributed by atoms with Gasteiger partial charge in [-0.15, -0.1) is 0 Å². The number of anilines is 1. The lowest BCUT2D eigenvalue weighted by Gasteiger charge is -2.28. The number of halogens is 1. The van der Waals surface area contributed by atoms with Gasteiger partial charge in [0.1, 0.15) is 24.1 Å². The average Bonchev–Trinajstić information content (AvgIpc) is 3.55. The van der Waals surface area contributed by atoms with E-state index in [0.717, 1.165) is 32.0 Å². The Hall–Kier alpha value is -2.94. The van der Waals surface area contributed by atoms with E-state index in [0.29, 0.717) is 42.7 Å². The van der Waals surface area contributed by atoms with Gasteiger partial charge in [-0.05, 0) is 59.8 Å². The fourth-order valence-corrected chi connectivity index (χ4v) is 5.80. The van der Waals surface area contributed by atoms with Crippen molar-refractivity contribution >= 4 is 53.4 Å². The Labute approximate surface area is 248 Å². The molecule has 4 aromatic heterocycles. The van der Waals surface area contributed by atoms with Crippen LogP contribution in [0, 0.1) is 3.57 Å². The van der Waals surface area contributed by atoms with E-state index in [1.165, 1.54) is 0 Å². The van der Waals surface area contributed by atoms with Gasteiger partial charge in [0.05, 0.1) is 42.5 Å². The molecule has 1 amide bonds. The zero-order valence-corrected chi connectivity index (χ0v) is 26.4. The Morgan fingerprint density at radius 1 is 1.20 bits per heavy atom. The maximum absolute atomic E-state index is 14.5. The molecule has 5 heterocycles. The summed E-state index contributed by atoms with van der Waals surface area (Å²) >= 11 is 2.22. The summed E-state index contributed by atoms with van der Waals surface area (Å²) < 4.78 is 14.9. The van der Waals surface area contributed by atoms with Gasteiger partial charge in [0.15, 0.2) is 0 Å². The molecule has 5 rings (SSSR count). The van der Waals surface area contributed by atoms with Gasteiger partial charge < -0.3 is 24.7 Å². The smallest absolute Gasteiger partial charge is 0.271 e. The van der Waals surface area contributed by atoms with Crippen molar-refractivity contribution in [3.05, 3.63) is 74.8 Å². The SMILES string of the molecule is C[C@H](c1ncccn1)N(Cc1ccc(I)cn1)C(=O)c1cc2nc(N)c3c(c2n1COCC[Si](C)(C)C)COC3. The van der Waals surface area contributed by atoms with E-state index < -0.39 is 14.1 Å². The molecule has 210 valence electrons. The lowest BCUT2D eigenvalue weighted by atomic mass is 10.1. The third-order valence-corrected chi connectivity index (χ3v) is 9.36. The van der Waals surface area contributed by atoms with Crippen LogP contribution in [0.15, 0.2) is 42.9 Å². The van der Waals surface area contributed by atoms with Gasteiger partial charge in [0, 0.05) is 48.0 Å². The number of carbonyl (C=O) groups is 1. The largest absolute Gasteiger partial charge is 0.383 e. The van der Waals surface area contributed by atoms with Crippen molar-refractivity contribution in [1.29, 1.82) is 0 Å². The maximum Gasteiger partial charge on any atom is 0.271 e. The molecule has 0 spiro atoms. The monoisotopic (exact) mass is 671 g/mol. The van der Waals surface area contributed by atoms with Gasteiger partial charge in [0.25, 0.3) is 5.91 Å². The van der Waals surface area contributed by atoms with E-state index in [2.05, 4.69) is 62.2 Å². The van der Waals surface area contributed by atoms with Crippen LogP contribution in [0.2, 0.25) is 25.7 Å². The first kappa shape index (κ1) is 28.6. The number of nitrogen functional groups attached to an aromatic ring is 1. The zero-order valence-electron chi connectivity index (χ0n) is 23.2. The third-order valence-electron chi connectivity index (χ3n) is 7.01. The summed E-state index contributed by atoms with van der Waals surface area (Å²) in [6.07, 6.45) is 5.16. The van der Waals surface area contributed by atoms with Crippen molar-refractivity contribution in [1.82, 2.24) is 29.4 Å².